The van der Waals surface area contributed by atoms with Gasteiger partial charge >= 0.3 is 12.2 Å². The summed E-state index contributed by atoms with van der Waals surface area (Å²) in [5, 5.41) is 5.77. The fourth-order valence-electron chi connectivity index (χ4n) is 3.05. The third-order valence-corrected chi connectivity index (χ3v) is 3.97. The normalized spacial score (nSPS) is 23.1. The standard InChI is InChI=1S/C17H24N2O4/c1-3-22-16(20)18-13-10-14(12-8-6-5-7-9-12)15(11-13)19-17(21)23-4-2/h5-9,13-15H,3-4,10-11H2,1-2H3,(H,18,20)(H,19,21)/t13-,14+,15-/m0/s1. The first-order valence-electron chi connectivity index (χ1n) is 8.05. The largest absolute Gasteiger partial charge is 0.450 e. The van der Waals surface area contributed by atoms with Gasteiger partial charge in [0, 0.05) is 18.0 Å². The van der Waals surface area contributed by atoms with Crippen LogP contribution in [0.1, 0.15) is 38.2 Å². The van der Waals surface area contributed by atoms with Gasteiger partial charge in [-0.05, 0) is 32.3 Å². The Kier molecular flexibility index (Phi) is 6.26. The zero-order chi connectivity index (χ0) is 16.7. The van der Waals surface area contributed by atoms with Gasteiger partial charge in [0.25, 0.3) is 0 Å². The minimum absolute atomic E-state index is 0.0359. The van der Waals surface area contributed by atoms with Crippen molar-refractivity contribution in [2.75, 3.05) is 13.2 Å². The van der Waals surface area contributed by atoms with Crippen LogP contribution in [0.25, 0.3) is 0 Å². The molecule has 1 aliphatic carbocycles. The van der Waals surface area contributed by atoms with Crippen LogP contribution in [-0.2, 0) is 9.47 Å². The van der Waals surface area contributed by atoms with Crippen LogP contribution in [0, 0.1) is 0 Å². The zero-order valence-corrected chi connectivity index (χ0v) is 13.6. The summed E-state index contributed by atoms with van der Waals surface area (Å²) in [6.07, 6.45) is 0.563. The number of carbonyl (C=O) groups is 2. The topological polar surface area (TPSA) is 76.7 Å². The van der Waals surface area contributed by atoms with Gasteiger partial charge in [0.2, 0.25) is 0 Å². The molecule has 0 unspecified atom stereocenters. The summed E-state index contributed by atoms with van der Waals surface area (Å²) < 4.78 is 9.92. The van der Waals surface area contributed by atoms with Crippen molar-refractivity contribution in [1.82, 2.24) is 10.6 Å². The van der Waals surface area contributed by atoms with Crippen LogP contribution >= 0.6 is 0 Å². The van der Waals surface area contributed by atoms with Crippen LogP contribution in [0.3, 0.4) is 0 Å². The molecule has 0 heterocycles. The van der Waals surface area contributed by atoms with E-state index in [0.29, 0.717) is 19.6 Å². The molecule has 2 rings (SSSR count). The highest BCUT2D eigenvalue weighted by Crippen LogP contribution is 2.35. The van der Waals surface area contributed by atoms with Crippen LogP contribution in [0.15, 0.2) is 30.3 Å². The average molecular weight is 320 g/mol. The first-order valence-corrected chi connectivity index (χ1v) is 8.05. The van der Waals surface area contributed by atoms with Crippen molar-refractivity contribution in [3.8, 4) is 0 Å². The number of hydrogen-bond acceptors (Lipinski definition) is 4. The smallest absolute Gasteiger partial charge is 0.407 e. The molecule has 0 saturated heterocycles. The molecule has 0 spiro atoms. The van der Waals surface area contributed by atoms with E-state index in [1.807, 2.05) is 30.3 Å². The van der Waals surface area contributed by atoms with E-state index >= 15 is 0 Å². The van der Waals surface area contributed by atoms with Gasteiger partial charge in [-0.15, -0.1) is 0 Å². The molecule has 0 aliphatic heterocycles. The maximum absolute atomic E-state index is 11.8. The highest BCUT2D eigenvalue weighted by atomic mass is 16.6. The Morgan fingerprint density at radius 2 is 1.61 bits per heavy atom. The zero-order valence-electron chi connectivity index (χ0n) is 13.6. The van der Waals surface area contributed by atoms with E-state index in [0.717, 1.165) is 12.0 Å². The van der Waals surface area contributed by atoms with E-state index < -0.39 is 12.2 Å². The van der Waals surface area contributed by atoms with Crippen LogP contribution in [0.4, 0.5) is 9.59 Å². The summed E-state index contributed by atoms with van der Waals surface area (Å²) >= 11 is 0. The van der Waals surface area contributed by atoms with E-state index in [1.165, 1.54) is 0 Å². The summed E-state index contributed by atoms with van der Waals surface area (Å²) in [4.78, 5) is 23.4. The molecule has 6 heteroatoms. The fourth-order valence-corrected chi connectivity index (χ4v) is 3.05. The van der Waals surface area contributed by atoms with Crippen molar-refractivity contribution in [2.45, 2.75) is 44.7 Å². The summed E-state index contributed by atoms with van der Waals surface area (Å²) in [7, 11) is 0. The maximum Gasteiger partial charge on any atom is 0.407 e. The second kappa shape index (κ2) is 8.41. The lowest BCUT2D eigenvalue weighted by molar-refractivity contribution is 0.146. The number of ether oxygens (including phenoxy) is 2. The molecule has 1 saturated carbocycles. The molecule has 1 aromatic carbocycles. The molecule has 1 aromatic rings. The van der Waals surface area contributed by atoms with Gasteiger partial charge in [-0.25, -0.2) is 9.59 Å². The SMILES string of the molecule is CCOC(=O)N[C@@H]1C[C@H](NC(=O)OCC)[C@@H](c2ccccc2)C1. The third-order valence-electron chi connectivity index (χ3n) is 3.97. The summed E-state index contributed by atoms with van der Waals surface area (Å²) in [6.45, 7) is 4.21. The average Bonchev–Trinajstić information content (AvgIpc) is 2.90. The predicted molar refractivity (Wildman–Crippen MR) is 86.3 cm³/mol. The van der Waals surface area contributed by atoms with Gasteiger partial charge in [-0.3, -0.25) is 0 Å². The van der Waals surface area contributed by atoms with Gasteiger partial charge in [-0.2, -0.15) is 0 Å². The number of nitrogens with one attached hydrogen (secondary N) is 2. The Morgan fingerprint density at radius 3 is 2.22 bits per heavy atom. The number of rotatable bonds is 5. The first-order chi connectivity index (χ1) is 11.1. The molecule has 0 bridgehead atoms. The molecule has 1 fully saturated rings. The molecular weight excluding hydrogens is 296 g/mol. The van der Waals surface area contributed by atoms with Crippen LogP contribution < -0.4 is 10.6 Å². The van der Waals surface area contributed by atoms with E-state index in [4.69, 9.17) is 9.47 Å². The fraction of sp³-hybridized carbons (Fsp3) is 0.529. The van der Waals surface area contributed by atoms with Crippen LogP contribution in [0.2, 0.25) is 0 Å². The summed E-state index contributed by atoms with van der Waals surface area (Å²) in [5.74, 6) is 0.132. The van der Waals surface area contributed by atoms with Gasteiger partial charge in [0.05, 0.1) is 13.2 Å². The molecule has 0 aromatic heterocycles. The predicted octanol–water partition coefficient (Wildman–Crippen LogP) is 2.79. The minimum Gasteiger partial charge on any atom is -0.450 e. The quantitative estimate of drug-likeness (QED) is 0.874. The van der Waals surface area contributed by atoms with E-state index in [-0.39, 0.29) is 18.0 Å². The Hall–Kier alpha value is -2.24. The molecular formula is C17H24N2O4. The second-order valence-electron chi connectivity index (χ2n) is 5.52. The molecule has 1 aliphatic rings. The molecule has 6 nitrogen and oxygen atoms in total. The van der Waals surface area contributed by atoms with Gasteiger partial charge in [0.15, 0.2) is 0 Å². The number of alkyl carbamates (subject to hydrolysis) is 2. The number of hydrogen-bond donors (Lipinski definition) is 2. The van der Waals surface area contributed by atoms with E-state index in [9.17, 15) is 9.59 Å². The molecule has 23 heavy (non-hydrogen) atoms. The van der Waals surface area contributed by atoms with Gasteiger partial charge < -0.3 is 20.1 Å². The van der Waals surface area contributed by atoms with Crippen molar-refractivity contribution >= 4 is 12.2 Å². The molecule has 0 radical (unpaired) electrons. The van der Waals surface area contributed by atoms with Gasteiger partial charge in [0.1, 0.15) is 0 Å². The number of amides is 2. The highest BCUT2D eigenvalue weighted by molar-refractivity contribution is 5.69. The highest BCUT2D eigenvalue weighted by Gasteiger charge is 2.37. The van der Waals surface area contributed by atoms with E-state index in [1.54, 1.807) is 13.8 Å². The molecule has 126 valence electrons. The lowest BCUT2D eigenvalue weighted by atomic mass is 9.94. The first kappa shape index (κ1) is 17.1. The molecule has 2 N–H and O–H groups in total. The maximum atomic E-state index is 11.8. The number of benzene rings is 1. The lowest BCUT2D eigenvalue weighted by Crippen LogP contribution is -2.38. The summed E-state index contributed by atoms with van der Waals surface area (Å²) in [6, 6.07) is 9.87. The molecule has 3 atom stereocenters. The van der Waals surface area contributed by atoms with Gasteiger partial charge in [-0.1, -0.05) is 30.3 Å². The van der Waals surface area contributed by atoms with Crippen molar-refractivity contribution in [1.29, 1.82) is 0 Å². The Morgan fingerprint density at radius 1 is 1.00 bits per heavy atom. The molecule has 2 amide bonds. The number of carbonyl (C=O) groups excluding carboxylic acids is 2. The van der Waals surface area contributed by atoms with Crippen molar-refractivity contribution in [3.63, 3.8) is 0 Å². The van der Waals surface area contributed by atoms with E-state index in [2.05, 4.69) is 10.6 Å². The second-order valence-corrected chi connectivity index (χ2v) is 5.52. The minimum atomic E-state index is -0.421. The Bertz CT molecular complexity index is 521. The summed E-state index contributed by atoms with van der Waals surface area (Å²) in [5.41, 5.74) is 1.14. The van der Waals surface area contributed by atoms with Crippen molar-refractivity contribution in [3.05, 3.63) is 35.9 Å². The Balaban J connectivity index is 2.06. The Labute approximate surface area is 136 Å². The lowest BCUT2D eigenvalue weighted by Gasteiger charge is -2.20. The third kappa shape index (κ3) is 4.87. The monoisotopic (exact) mass is 320 g/mol. The van der Waals surface area contributed by atoms with Crippen molar-refractivity contribution < 1.29 is 19.1 Å². The van der Waals surface area contributed by atoms with Crippen LogP contribution in [-0.4, -0.2) is 37.5 Å². The van der Waals surface area contributed by atoms with Crippen molar-refractivity contribution in [2.24, 2.45) is 0 Å². The van der Waals surface area contributed by atoms with Crippen LogP contribution in [0.5, 0.6) is 0 Å².